The van der Waals surface area contributed by atoms with E-state index in [-0.39, 0.29) is 17.6 Å². The number of nitrogens with zero attached hydrogens (tertiary/aromatic N) is 5. The third-order valence-corrected chi connectivity index (χ3v) is 7.38. The minimum atomic E-state index is -0.557. The van der Waals surface area contributed by atoms with Gasteiger partial charge in [-0.15, -0.1) is 0 Å². The first kappa shape index (κ1) is 22.7. The standard InChI is InChI=1S/C25H36N6O/c1-15-9-11-17(12-10-15)14-31-20-22(27-16(2)18-7-6-8-18)28-19(13-26)29-23(20)30-24(31)21(32)25(3,4)5/h15-18H,6-12,14H2,1-5H3,(H,27,28,29)/t15-,16-,17-/m1/s1. The van der Waals surface area contributed by atoms with Crippen LogP contribution >= 0.6 is 0 Å². The fourth-order valence-corrected chi connectivity index (χ4v) is 4.92. The van der Waals surface area contributed by atoms with Crippen molar-refractivity contribution >= 4 is 22.8 Å². The molecule has 0 aliphatic heterocycles. The quantitative estimate of drug-likeness (QED) is 0.613. The van der Waals surface area contributed by atoms with Crippen LogP contribution in [-0.4, -0.2) is 31.3 Å². The number of aromatic nitrogens is 4. The van der Waals surface area contributed by atoms with E-state index in [9.17, 15) is 10.1 Å². The average molecular weight is 437 g/mol. The molecule has 2 saturated carbocycles. The summed E-state index contributed by atoms with van der Waals surface area (Å²) in [5.74, 6) is 3.04. The summed E-state index contributed by atoms with van der Waals surface area (Å²) in [5, 5.41) is 13.1. The fourth-order valence-electron chi connectivity index (χ4n) is 4.92. The topological polar surface area (TPSA) is 96.5 Å². The molecule has 2 aromatic rings. The highest BCUT2D eigenvalue weighted by atomic mass is 16.1. The van der Waals surface area contributed by atoms with Crippen LogP contribution < -0.4 is 5.32 Å². The van der Waals surface area contributed by atoms with Gasteiger partial charge in [0.2, 0.25) is 11.6 Å². The molecule has 1 N–H and O–H groups in total. The zero-order valence-electron chi connectivity index (χ0n) is 20.1. The SMILES string of the molecule is C[C@@H](Nc1nc(C#N)nc2nc(C(=O)C(C)(C)C)n(C[C@H]3CC[C@H](C)CC3)c12)C1CCC1. The molecule has 0 saturated heterocycles. The molecule has 7 heteroatoms. The zero-order chi connectivity index (χ0) is 23.0. The highest BCUT2D eigenvalue weighted by molar-refractivity contribution is 6.00. The summed E-state index contributed by atoms with van der Waals surface area (Å²) in [6, 6.07) is 2.31. The molecule has 2 heterocycles. The van der Waals surface area contributed by atoms with E-state index < -0.39 is 5.41 Å². The molecule has 4 rings (SSSR count). The van der Waals surface area contributed by atoms with Crippen molar-refractivity contribution in [3.05, 3.63) is 11.6 Å². The van der Waals surface area contributed by atoms with E-state index in [2.05, 4.69) is 44.8 Å². The van der Waals surface area contributed by atoms with Crippen molar-refractivity contribution in [1.82, 2.24) is 19.5 Å². The van der Waals surface area contributed by atoms with E-state index in [1.165, 1.54) is 32.1 Å². The molecule has 0 bridgehead atoms. The normalized spacial score (nSPS) is 22.9. The third kappa shape index (κ3) is 4.51. The molecule has 0 amide bonds. The van der Waals surface area contributed by atoms with Crippen molar-refractivity contribution in [3.63, 3.8) is 0 Å². The Kier molecular flexibility index (Phi) is 6.24. The summed E-state index contributed by atoms with van der Waals surface area (Å²) in [4.78, 5) is 27.0. The second-order valence-corrected chi connectivity index (χ2v) is 11.1. The van der Waals surface area contributed by atoms with Gasteiger partial charge in [0.05, 0.1) is 0 Å². The number of ketones is 1. The largest absolute Gasteiger partial charge is 0.365 e. The minimum absolute atomic E-state index is 0.00354. The molecule has 0 spiro atoms. The Bertz CT molecular complexity index is 1030. The van der Waals surface area contributed by atoms with Crippen LogP contribution in [0.15, 0.2) is 0 Å². The van der Waals surface area contributed by atoms with E-state index >= 15 is 0 Å². The summed E-state index contributed by atoms with van der Waals surface area (Å²) >= 11 is 0. The molecule has 2 aromatic heterocycles. The summed E-state index contributed by atoms with van der Waals surface area (Å²) < 4.78 is 2.06. The van der Waals surface area contributed by atoms with E-state index in [1.807, 2.05) is 20.8 Å². The van der Waals surface area contributed by atoms with Crippen LogP contribution in [-0.2, 0) is 6.54 Å². The molecule has 2 fully saturated rings. The molecular formula is C25H36N6O. The Balaban J connectivity index is 1.81. The first-order valence-electron chi connectivity index (χ1n) is 12.2. The maximum atomic E-state index is 13.4. The summed E-state index contributed by atoms with van der Waals surface area (Å²) in [6.07, 6.45) is 8.44. The Hall–Kier alpha value is -2.49. The van der Waals surface area contributed by atoms with E-state index in [0.29, 0.717) is 29.1 Å². The van der Waals surface area contributed by atoms with Crippen LogP contribution in [0.2, 0.25) is 0 Å². The lowest BCUT2D eigenvalue weighted by Crippen LogP contribution is -2.31. The number of carbonyl (C=O) groups excluding carboxylic acids is 1. The maximum absolute atomic E-state index is 13.4. The van der Waals surface area contributed by atoms with Crippen molar-refractivity contribution in [2.45, 2.75) is 92.2 Å². The lowest BCUT2D eigenvalue weighted by Gasteiger charge is -2.32. The van der Waals surface area contributed by atoms with Gasteiger partial charge in [-0.05, 0) is 50.4 Å². The Morgan fingerprint density at radius 2 is 1.84 bits per heavy atom. The lowest BCUT2D eigenvalue weighted by molar-refractivity contribution is 0.0840. The summed E-state index contributed by atoms with van der Waals surface area (Å²) in [6.45, 7) is 11.0. The smallest absolute Gasteiger partial charge is 0.236 e. The average Bonchev–Trinajstić information content (AvgIpc) is 3.05. The van der Waals surface area contributed by atoms with Crippen LogP contribution in [0, 0.1) is 34.5 Å². The maximum Gasteiger partial charge on any atom is 0.236 e. The monoisotopic (exact) mass is 436 g/mol. The summed E-state index contributed by atoms with van der Waals surface area (Å²) in [5.41, 5.74) is 0.649. The highest BCUT2D eigenvalue weighted by Gasteiger charge is 2.32. The third-order valence-electron chi connectivity index (χ3n) is 7.38. The van der Waals surface area contributed by atoms with Gasteiger partial charge >= 0.3 is 0 Å². The second-order valence-electron chi connectivity index (χ2n) is 11.1. The molecular weight excluding hydrogens is 400 g/mol. The van der Waals surface area contributed by atoms with Crippen LogP contribution in [0.3, 0.4) is 0 Å². The van der Waals surface area contributed by atoms with Gasteiger partial charge in [0.15, 0.2) is 17.3 Å². The van der Waals surface area contributed by atoms with Crippen molar-refractivity contribution < 1.29 is 4.79 Å². The number of hydrogen-bond acceptors (Lipinski definition) is 6. The number of fused-ring (bicyclic) bond motifs is 1. The van der Waals surface area contributed by atoms with E-state index in [4.69, 9.17) is 0 Å². The number of hydrogen-bond donors (Lipinski definition) is 1. The second kappa shape index (κ2) is 8.80. The molecule has 0 radical (unpaired) electrons. The lowest BCUT2D eigenvalue weighted by atomic mass is 9.80. The summed E-state index contributed by atoms with van der Waals surface area (Å²) in [7, 11) is 0. The molecule has 172 valence electrons. The molecule has 1 atom stereocenters. The number of carbonyl (C=O) groups is 1. The van der Waals surface area contributed by atoms with E-state index in [0.717, 1.165) is 30.8 Å². The highest BCUT2D eigenvalue weighted by Crippen LogP contribution is 2.35. The predicted octanol–water partition coefficient (Wildman–Crippen LogP) is 5.35. The molecule has 7 nitrogen and oxygen atoms in total. The van der Waals surface area contributed by atoms with Crippen LogP contribution in [0.25, 0.3) is 11.2 Å². The van der Waals surface area contributed by atoms with Crippen LogP contribution in [0.5, 0.6) is 0 Å². The van der Waals surface area contributed by atoms with Crippen LogP contribution in [0.4, 0.5) is 5.82 Å². The van der Waals surface area contributed by atoms with Gasteiger partial charge in [0.25, 0.3) is 0 Å². The number of nitriles is 1. The molecule has 2 aliphatic rings. The predicted molar refractivity (Wildman–Crippen MR) is 125 cm³/mol. The van der Waals surface area contributed by atoms with Crippen LogP contribution in [0.1, 0.15) is 96.0 Å². The minimum Gasteiger partial charge on any atom is -0.365 e. The molecule has 32 heavy (non-hydrogen) atoms. The van der Waals surface area contributed by atoms with E-state index in [1.54, 1.807) is 0 Å². The van der Waals surface area contributed by atoms with Gasteiger partial charge in [-0.25, -0.2) is 4.98 Å². The molecule has 0 aromatic carbocycles. The molecule has 2 aliphatic carbocycles. The number of nitrogens with one attached hydrogen (secondary N) is 1. The van der Waals surface area contributed by atoms with Crippen molar-refractivity contribution in [1.29, 1.82) is 5.26 Å². The molecule has 0 unspecified atom stereocenters. The van der Waals surface area contributed by atoms with Gasteiger partial charge in [-0.3, -0.25) is 4.79 Å². The number of imidazole rings is 1. The Labute approximate surface area is 191 Å². The fraction of sp³-hybridized carbons (Fsp3) is 0.720. The van der Waals surface area contributed by atoms with Gasteiger partial charge < -0.3 is 9.88 Å². The Morgan fingerprint density at radius 3 is 2.41 bits per heavy atom. The van der Waals surface area contributed by atoms with Crippen molar-refractivity contribution in [3.8, 4) is 6.07 Å². The van der Waals surface area contributed by atoms with Gasteiger partial charge in [-0.2, -0.15) is 15.2 Å². The number of anilines is 1. The van der Waals surface area contributed by atoms with Crippen molar-refractivity contribution in [2.24, 2.45) is 23.2 Å². The van der Waals surface area contributed by atoms with Gasteiger partial charge in [0.1, 0.15) is 11.6 Å². The Morgan fingerprint density at radius 1 is 1.16 bits per heavy atom. The van der Waals surface area contributed by atoms with Gasteiger partial charge in [-0.1, -0.05) is 47.0 Å². The number of Topliss-reactive ketones (excluding diaryl/α,β-unsaturated/α-hetero) is 1. The first-order chi connectivity index (χ1) is 15.2. The van der Waals surface area contributed by atoms with Crippen molar-refractivity contribution in [2.75, 3.05) is 5.32 Å². The number of rotatable bonds is 6. The first-order valence-corrected chi connectivity index (χ1v) is 12.2. The van der Waals surface area contributed by atoms with Gasteiger partial charge in [0, 0.05) is 18.0 Å². The zero-order valence-corrected chi connectivity index (χ0v) is 20.1.